The van der Waals surface area contributed by atoms with Crippen LogP contribution >= 0.6 is 0 Å². The summed E-state index contributed by atoms with van der Waals surface area (Å²) in [5.74, 6) is 0.336. The molecule has 0 aliphatic carbocycles. The van der Waals surface area contributed by atoms with Crippen molar-refractivity contribution in [2.75, 3.05) is 5.32 Å². The second-order valence-electron chi connectivity index (χ2n) is 9.66. The first-order chi connectivity index (χ1) is 16.5. The quantitative estimate of drug-likeness (QED) is 0.365. The normalized spacial score (nSPS) is 12.5. The molecule has 4 aromatic rings. The molecular weight excluding hydrogens is 449 g/mol. The number of nitrogens with zero attached hydrogens (tertiary/aromatic N) is 6. The highest BCUT2D eigenvalue weighted by atomic mass is 19.1. The fourth-order valence-corrected chi connectivity index (χ4v) is 3.76. The Morgan fingerprint density at radius 1 is 1.26 bits per heavy atom. The van der Waals surface area contributed by atoms with E-state index in [2.05, 4.69) is 30.5 Å². The highest BCUT2D eigenvalue weighted by Gasteiger charge is 2.24. The van der Waals surface area contributed by atoms with E-state index in [0.29, 0.717) is 17.0 Å². The van der Waals surface area contributed by atoms with E-state index in [1.165, 1.54) is 6.33 Å². The number of Topliss-reactive ketones (excluding diaryl/α,β-unsaturated/α-hetero) is 1. The lowest BCUT2D eigenvalue weighted by Gasteiger charge is -2.16. The zero-order valence-electron chi connectivity index (χ0n) is 20.6. The molecule has 0 spiro atoms. The maximum Gasteiger partial charge on any atom is 0.230 e. The number of ketones is 1. The second-order valence-corrected chi connectivity index (χ2v) is 9.66. The molecule has 1 aromatic carbocycles. The Morgan fingerprint density at radius 3 is 2.69 bits per heavy atom. The van der Waals surface area contributed by atoms with Gasteiger partial charge in [0, 0.05) is 31.1 Å². The first-order valence-electron chi connectivity index (χ1n) is 11.3. The predicted molar refractivity (Wildman–Crippen MR) is 129 cm³/mol. The van der Waals surface area contributed by atoms with E-state index < -0.39 is 5.82 Å². The lowest BCUT2D eigenvalue weighted by Crippen LogP contribution is -2.10. The van der Waals surface area contributed by atoms with Gasteiger partial charge in [0.05, 0.1) is 17.4 Å². The summed E-state index contributed by atoms with van der Waals surface area (Å²) < 4.78 is 22.4. The minimum atomic E-state index is -0.434. The summed E-state index contributed by atoms with van der Waals surface area (Å²) >= 11 is 0. The topological polar surface area (TPSA) is 112 Å². The first kappa shape index (κ1) is 24.2. The summed E-state index contributed by atoms with van der Waals surface area (Å²) in [5.41, 5.74) is 2.19. The largest absolute Gasteiger partial charge is 0.360 e. The molecule has 10 heteroatoms. The van der Waals surface area contributed by atoms with Gasteiger partial charge in [-0.1, -0.05) is 38.9 Å². The Balaban J connectivity index is 1.53. The van der Waals surface area contributed by atoms with Crippen LogP contribution in [0.25, 0.3) is 11.4 Å². The van der Waals surface area contributed by atoms with E-state index in [1.54, 1.807) is 43.2 Å². The van der Waals surface area contributed by atoms with Crippen LogP contribution in [0.5, 0.6) is 0 Å². The molecule has 3 heterocycles. The molecule has 0 radical (unpaired) electrons. The molecule has 0 amide bonds. The summed E-state index contributed by atoms with van der Waals surface area (Å²) in [5, 5.41) is 11.0. The molecule has 0 unspecified atom stereocenters. The molecule has 0 aliphatic rings. The molecular formula is C25H28FN7O2. The average molecular weight is 478 g/mol. The molecule has 4 rings (SSSR count). The summed E-state index contributed by atoms with van der Waals surface area (Å²) in [4.78, 5) is 25.4. The monoisotopic (exact) mass is 477 g/mol. The fraction of sp³-hybridized carbons (Fsp3) is 0.360. The van der Waals surface area contributed by atoms with Gasteiger partial charge in [0.15, 0.2) is 11.6 Å². The number of halogens is 1. The van der Waals surface area contributed by atoms with Gasteiger partial charge in [-0.25, -0.2) is 14.4 Å². The Hall–Kier alpha value is -3.95. The SMILES string of the molecule is Cc1c([C@@H](C)CC(=O)c2cc(C(C)(C)C)on2)ccc(-c2ncnc(Nc3cnn(C)c3)n2)c1F. The summed E-state index contributed by atoms with van der Waals surface area (Å²) in [6, 6.07) is 5.13. The third-order valence-electron chi connectivity index (χ3n) is 5.76. The van der Waals surface area contributed by atoms with Gasteiger partial charge in [-0.3, -0.25) is 9.48 Å². The Bertz CT molecular complexity index is 1370. The van der Waals surface area contributed by atoms with Crippen LogP contribution in [0.2, 0.25) is 0 Å². The number of benzene rings is 1. The minimum Gasteiger partial charge on any atom is -0.360 e. The predicted octanol–water partition coefficient (Wildman–Crippen LogP) is 5.13. The third-order valence-corrected chi connectivity index (χ3v) is 5.76. The molecule has 1 N–H and O–H groups in total. The number of nitrogens with one attached hydrogen (secondary N) is 1. The average Bonchev–Trinajstić information content (AvgIpc) is 3.45. The van der Waals surface area contributed by atoms with E-state index >= 15 is 4.39 Å². The van der Waals surface area contributed by atoms with E-state index in [-0.39, 0.29) is 46.6 Å². The maximum absolute atomic E-state index is 15.4. The van der Waals surface area contributed by atoms with Crippen molar-refractivity contribution < 1.29 is 13.7 Å². The number of hydrogen-bond donors (Lipinski definition) is 1. The molecule has 3 aromatic heterocycles. The van der Waals surface area contributed by atoms with Crippen molar-refractivity contribution in [3.8, 4) is 11.4 Å². The van der Waals surface area contributed by atoms with Crippen LogP contribution in [-0.2, 0) is 12.5 Å². The van der Waals surface area contributed by atoms with Gasteiger partial charge in [0.25, 0.3) is 0 Å². The molecule has 0 saturated carbocycles. The van der Waals surface area contributed by atoms with Crippen LogP contribution in [0.3, 0.4) is 0 Å². The number of carbonyl (C=O) groups is 1. The van der Waals surface area contributed by atoms with E-state index in [4.69, 9.17) is 4.52 Å². The van der Waals surface area contributed by atoms with E-state index in [0.717, 1.165) is 5.56 Å². The van der Waals surface area contributed by atoms with Crippen molar-refractivity contribution in [1.29, 1.82) is 0 Å². The fourth-order valence-electron chi connectivity index (χ4n) is 3.76. The highest BCUT2D eigenvalue weighted by Crippen LogP contribution is 2.31. The third kappa shape index (κ3) is 5.26. The standard InChI is InChI=1S/C25H28FN7O2/c1-14(9-20(34)19-10-21(35-32-19)25(3,4)5)17-7-8-18(22(26)15(17)2)23-27-13-28-24(31-23)30-16-11-29-33(6)12-16/h7-8,10-14H,9H2,1-6H3,(H,27,28,30,31)/t14-/m0/s1. The van der Waals surface area contributed by atoms with Crippen molar-refractivity contribution >= 4 is 17.4 Å². The van der Waals surface area contributed by atoms with Gasteiger partial charge >= 0.3 is 0 Å². The summed E-state index contributed by atoms with van der Waals surface area (Å²) in [6.45, 7) is 9.55. The number of rotatable bonds is 7. The highest BCUT2D eigenvalue weighted by molar-refractivity contribution is 5.94. The van der Waals surface area contributed by atoms with Crippen molar-refractivity contribution in [1.82, 2.24) is 29.9 Å². The molecule has 0 saturated heterocycles. The van der Waals surface area contributed by atoms with Crippen LogP contribution in [0.15, 0.2) is 41.4 Å². The number of aromatic nitrogens is 6. The van der Waals surface area contributed by atoms with Gasteiger partial charge < -0.3 is 9.84 Å². The number of anilines is 2. The zero-order chi connectivity index (χ0) is 25.3. The Kier molecular flexibility index (Phi) is 6.47. The molecule has 0 fully saturated rings. The lowest BCUT2D eigenvalue weighted by atomic mass is 9.89. The lowest BCUT2D eigenvalue weighted by molar-refractivity contribution is 0.0966. The second kappa shape index (κ2) is 9.36. The molecule has 9 nitrogen and oxygen atoms in total. The van der Waals surface area contributed by atoms with Crippen molar-refractivity contribution in [2.24, 2.45) is 7.05 Å². The van der Waals surface area contributed by atoms with Crippen molar-refractivity contribution in [3.63, 3.8) is 0 Å². The van der Waals surface area contributed by atoms with Crippen LogP contribution in [0.1, 0.15) is 67.4 Å². The van der Waals surface area contributed by atoms with E-state index in [1.807, 2.05) is 33.8 Å². The van der Waals surface area contributed by atoms with Crippen LogP contribution < -0.4 is 5.32 Å². The van der Waals surface area contributed by atoms with Crippen molar-refractivity contribution in [2.45, 2.75) is 52.4 Å². The molecule has 182 valence electrons. The van der Waals surface area contributed by atoms with Crippen LogP contribution in [0, 0.1) is 12.7 Å². The number of carbonyl (C=O) groups excluding carboxylic acids is 1. The van der Waals surface area contributed by atoms with Gasteiger partial charge in [-0.2, -0.15) is 10.1 Å². The number of hydrogen-bond acceptors (Lipinski definition) is 8. The first-order valence-corrected chi connectivity index (χ1v) is 11.3. The van der Waals surface area contributed by atoms with Crippen LogP contribution in [-0.4, -0.2) is 35.7 Å². The molecule has 0 bridgehead atoms. The summed E-state index contributed by atoms with van der Waals surface area (Å²) in [6.07, 6.45) is 4.92. The summed E-state index contributed by atoms with van der Waals surface area (Å²) in [7, 11) is 1.80. The Labute approximate surface area is 202 Å². The van der Waals surface area contributed by atoms with Crippen LogP contribution in [0.4, 0.5) is 16.0 Å². The van der Waals surface area contributed by atoms with Crippen molar-refractivity contribution in [3.05, 3.63) is 65.3 Å². The maximum atomic E-state index is 15.4. The zero-order valence-corrected chi connectivity index (χ0v) is 20.6. The molecule has 1 atom stereocenters. The molecule has 0 aliphatic heterocycles. The van der Waals surface area contributed by atoms with Gasteiger partial charge in [-0.05, 0) is 30.0 Å². The van der Waals surface area contributed by atoms with E-state index in [9.17, 15) is 4.79 Å². The minimum absolute atomic E-state index is 0.149. The Morgan fingerprint density at radius 2 is 2.03 bits per heavy atom. The molecule has 35 heavy (non-hydrogen) atoms. The number of aryl methyl sites for hydroxylation is 1. The van der Waals surface area contributed by atoms with Gasteiger partial charge in [0.1, 0.15) is 23.6 Å². The van der Waals surface area contributed by atoms with Gasteiger partial charge in [-0.15, -0.1) is 0 Å². The smallest absolute Gasteiger partial charge is 0.230 e. The van der Waals surface area contributed by atoms with Gasteiger partial charge in [0.2, 0.25) is 5.95 Å².